The third kappa shape index (κ3) is 4.83. The molecular weight excluding hydrogens is 276 g/mol. The smallest absolute Gasteiger partial charge is 0.126 e. The van der Waals surface area contributed by atoms with Gasteiger partial charge in [0.05, 0.1) is 20.3 Å². The molecule has 22 heavy (non-hydrogen) atoms. The van der Waals surface area contributed by atoms with E-state index in [1.54, 1.807) is 7.11 Å². The first-order chi connectivity index (χ1) is 10.6. The minimum absolute atomic E-state index is 0.155. The third-order valence-electron chi connectivity index (χ3n) is 4.12. The van der Waals surface area contributed by atoms with E-state index in [-0.39, 0.29) is 5.54 Å². The molecular formula is C18H28N2O2. The molecule has 0 aliphatic carbocycles. The second-order valence-corrected chi connectivity index (χ2v) is 6.19. The zero-order chi connectivity index (χ0) is 15.8. The Balaban J connectivity index is 1.77. The molecule has 1 N–H and O–H groups in total. The molecule has 1 fully saturated rings. The van der Waals surface area contributed by atoms with Crippen LogP contribution >= 0.6 is 0 Å². The molecule has 0 amide bonds. The summed E-state index contributed by atoms with van der Waals surface area (Å²) in [5, 5.41) is 3.52. The minimum atomic E-state index is 0.155. The number of ether oxygens (including phenoxy) is 2. The summed E-state index contributed by atoms with van der Waals surface area (Å²) in [6.45, 7) is 10.1. The van der Waals surface area contributed by atoms with E-state index in [1.807, 2.05) is 18.2 Å². The lowest BCUT2D eigenvalue weighted by Crippen LogP contribution is -2.54. The molecule has 1 aliphatic rings. The van der Waals surface area contributed by atoms with E-state index in [9.17, 15) is 0 Å². The normalized spacial score (nSPS) is 17.0. The quantitative estimate of drug-likeness (QED) is 0.784. The molecule has 0 saturated carbocycles. The molecule has 4 heteroatoms. The molecule has 0 atom stereocenters. The molecule has 1 saturated heterocycles. The van der Waals surface area contributed by atoms with Gasteiger partial charge in [-0.05, 0) is 19.9 Å². The lowest BCUT2D eigenvalue weighted by molar-refractivity contribution is -0.00930. The second kappa shape index (κ2) is 8.32. The van der Waals surface area contributed by atoms with E-state index in [2.05, 4.69) is 42.3 Å². The number of nitrogens with one attached hydrogen (secondary N) is 1. The van der Waals surface area contributed by atoms with Gasteiger partial charge in [0.1, 0.15) is 5.75 Å². The molecule has 122 valence electrons. The van der Waals surface area contributed by atoms with Crippen LogP contribution in [-0.2, 0) is 4.74 Å². The van der Waals surface area contributed by atoms with Crippen LogP contribution in [0.1, 0.15) is 19.4 Å². The summed E-state index contributed by atoms with van der Waals surface area (Å²) in [5.74, 6) is 0.910. The van der Waals surface area contributed by atoms with E-state index in [0.717, 1.165) is 50.7 Å². The number of methoxy groups -OCH3 is 1. The van der Waals surface area contributed by atoms with Crippen molar-refractivity contribution in [3.05, 3.63) is 35.9 Å². The Hall–Kier alpha value is -1.36. The molecule has 4 nitrogen and oxygen atoms in total. The van der Waals surface area contributed by atoms with Gasteiger partial charge in [-0.25, -0.2) is 0 Å². The van der Waals surface area contributed by atoms with E-state index in [4.69, 9.17) is 9.47 Å². The molecule has 0 unspecified atom stereocenters. The van der Waals surface area contributed by atoms with Crippen LogP contribution in [0.3, 0.4) is 0 Å². The van der Waals surface area contributed by atoms with Gasteiger partial charge in [0.25, 0.3) is 0 Å². The molecule has 0 bridgehead atoms. The first-order valence-electron chi connectivity index (χ1n) is 7.96. The zero-order valence-electron chi connectivity index (χ0n) is 14.0. The number of benzene rings is 1. The zero-order valence-corrected chi connectivity index (χ0v) is 14.0. The molecule has 1 aliphatic heterocycles. The molecule has 0 aromatic heterocycles. The van der Waals surface area contributed by atoms with Crippen LogP contribution in [0.5, 0.6) is 5.75 Å². The largest absolute Gasteiger partial charge is 0.496 e. The van der Waals surface area contributed by atoms with Gasteiger partial charge in [0.15, 0.2) is 0 Å². The number of morpholine rings is 1. The Bertz CT molecular complexity index is 480. The summed E-state index contributed by atoms with van der Waals surface area (Å²) < 4.78 is 10.8. The highest BCUT2D eigenvalue weighted by Crippen LogP contribution is 2.18. The maximum atomic E-state index is 5.42. The van der Waals surface area contributed by atoms with Gasteiger partial charge in [0, 0.05) is 37.3 Å². The van der Waals surface area contributed by atoms with E-state index in [0.29, 0.717) is 0 Å². The van der Waals surface area contributed by atoms with Crippen molar-refractivity contribution >= 4 is 6.08 Å². The van der Waals surface area contributed by atoms with Crippen LogP contribution < -0.4 is 10.1 Å². The Morgan fingerprint density at radius 1 is 1.27 bits per heavy atom. The van der Waals surface area contributed by atoms with Crippen LogP contribution in [0.25, 0.3) is 6.08 Å². The number of rotatable bonds is 7. The highest BCUT2D eigenvalue weighted by Gasteiger charge is 2.27. The van der Waals surface area contributed by atoms with Crippen molar-refractivity contribution in [2.24, 2.45) is 0 Å². The molecule has 2 rings (SSSR count). The average molecular weight is 304 g/mol. The number of para-hydroxylation sites is 1. The monoisotopic (exact) mass is 304 g/mol. The SMILES string of the molecule is COc1ccccc1/C=C\CNCC(C)(C)N1CCOCC1. The Morgan fingerprint density at radius 2 is 2.00 bits per heavy atom. The fraction of sp³-hybridized carbons (Fsp3) is 0.556. The van der Waals surface area contributed by atoms with Gasteiger partial charge in [-0.3, -0.25) is 4.90 Å². The van der Waals surface area contributed by atoms with Crippen LogP contribution in [0, 0.1) is 0 Å². The van der Waals surface area contributed by atoms with Crippen molar-refractivity contribution in [1.29, 1.82) is 0 Å². The van der Waals surface area contributed by atoms with Crippen molar-refractivity contribution in [2.45, 2.75) is 19.4 Å². The predicted octanol–water partition coefficient (Wildman–Crippen LogP) is 2.41. The highest BCUT2D eigenvalue weighted by molar-refractivity contribution is 5.57. The highest BCUT2D eigenvalue weighted by atomic mass is 16.5. The molecule has 1 heterocycles. The minimum Gasteiger partial charge on any atom is -0.496 e. The van der Waals surface area contributed by atoms with Crippen molar-refractivity contribution in [3.63, 3.8) is 0 Å². The third-order valence-corrected chi connectivity index (χ3v) is 4.12. The van der Waals surface area contributed by atoms with Crippen molar-refractivity contribution in [3.8, 4) is 5.75 Å². The molecule has 1 aromatic carbocycles. The van der Waals surface area contributed by atoms with Crippen LogP contribution in [-0.4, -0.2) is 56.9 Å². The Kier molecular flexibility index (Phi) is 6.43. The molecule has 0 spiro atoms. The van der Waals surface area contributed by atoms with Gasteiger partial charge in [-0.2, -0.15) is 0 Å². The van der Waals surface area contributed by atoms with Gasteiger partial charge < -0.3 is 14.8 Å². The number of hydrogen-bond donors (Lipinski definition) is 1. The average Bonchev–Trinajstić information content (AvgIpc) is 2.55. The van der Waals surface area contributed by atoms with Crippen LogP contribution in [0.4, 0.5) is 0 Å². The maximum Gasteiger partial charge on any atom is 0.126 e. The number of hydrogen-bond acceptors (Lipinski definition) is 4. The molecule has 1 aromatic rings. The lowest BCUT2D eigenvalue weighted by Gasteiger charge is -2.41. The summed E-state index contributed by atoms with van der Waals surface area (Å²) in [7, 11) is 1.70. The standard InChI is InChI=1S/C18H28N2O2/c1-18(2,20-11-13-22-14-12-20)15-19-10-6-8-16-7-4-5-9-17(16)21-3/h4-9,19H,10-15H2,1-3H3/b8-6-. The van der Waals surface area contributed by atoms with Crippen molar-refractivity contribution in [2.75, 3.05) is 46.5 Å². The maximum absolute atomic E-state index is 5.42. The second-order valence-electron chi connectivity index (χ2n) is 6.19. The number of nitrogens with zero attached hydrogens (tertiary/aromatic N) is 1. The topological polar surface area (TPSA) is 33.7 Å². The Labute approximate surface area is 134 Å². The van der Waals surface area contributed by atoms with E-state index in [1.165, 1.54) is 0 Å². The summed E-state index contributed by atoms with van der Waals surface area (Å²) in [4.78, 5) is 2.49. The van der Waals surface area contributed by atoms with Crippen molar-refractivity contribution < 1.29 is 9.47 Å². The van der Waals surface area contributed by atoms with E-state index < -0.39 is 0 Å². The summed E-state index contributed by atoms with van der Waals surface area (Å²) in [6.07, 6.45) is 4.25. The van der Waals surface area contributed by atoms with Gasteiger partial charge >= 0.3 is 0 Å². The summed E-state index contributed by atoms with van der Waals surface area (Å²) in [6, 6.07) is 8.05. The van der Waals surface area contributed by atoms with Gasteiger partial charge in [-0.1, -0.05) is 30.4 Å². The van der Waals surface area contributed by atoms with Crippen LogP contribution in [0.2, 0.25) is 0 Å². The summed E-state index contributed by atoms with van der Waals surface area (Å²) >= 11 is 0. The van der Waals surface area contributed by atoms with Crippen molar-refractivity contribution in [1.82, 2.24) is 10.2 Å². The first-order valence-corrected chi connectivity index (χ1v) is 7.96. The van der Waals surface area contributed by atoms with Crippen LogP contribution in [0.15, 0.2) is 30.3 Å². The fourth-order valence-electron chi connectivity index (χ4n) is 2.73. The summed E-state index contributed by atoms with van der Waals surface area (Å²) in [5.41, 5.74) is 1.27. The van der Waals surface area contributed by atoms with E-state index >= 15 is 0 Å². The lowest BCUT2D eigenvalue weighted by atomic mass is 10.0. The van der Waals surface area contributed by atoms with Gasteiger partial charge in [0.2, 0.25) is 0 Å². The van der Waals surface area contributed by atoms with Gasteiger partial charge in [-0.15, -0.1) is 0 Å². The Morgan fingerprint density at radius 3 is 2.73 bits per heavy atom. The molecule has 0 radical (unpaired) electrons. The first kappa shape index (κ1) is 17.0. The fourth-order valence-corrected chi connectivity index (χ4v) is 2.73. The predicted molar refractivity (Wildman–Crippen MR) is 91.4 cm³/mol.